The highest BCUT2D eigenvalue weighted by Gasteiger charge is 2.71. The second-order valence-electron chi connectivity index (χ2n) is 16.6. The van der Waals surface area contributed by atoms with Crippen LogP contribution in [0.1, 0.15) is 53.9 Å². The number of hydrazine groups is 1. The van der Waals surface area contributed by atoms with Gasteiger partial charge in [0.2, 0.25) is 11.8 Å². The Labute approximate surface area is 365 Å². The molecule has 4 aromatic rings. The molecule has 6 atom stereocenters. The number of likely N-dealkylation sites (tertiary alicyclic amines) is 2. The first-order valence-electron chi connectivity index (χ1n) is 20.6. The lowest BCUT2D eigenvalue weighted by Gasteiger charge is -2.50. The molecular formula is C46H42Cl2F3N5O6. The molecule has 0 spiro atoms. The molecule has 62 heavy (non-hydrogen) atoms. The molecular weight excluding hydrogens is 846 g/mol. The van der Waals surface area contributed by atoms with E-state index in [-0.39, 0.29) is 49.7 Å². The highest BCUT2D eigenvalue weighted by atomic mass is 35.5. The van der Waals surface area contributed by atoms with Crippen LogP contribution in [0.3, 0.4) is 0 Å². The standard InChI is InChI=1S/C46H42Cl2F3N5O6/c47-29-12-10-27(11-13-29)45-35(42(59)56(44(45)61)53-40-36(48)22-28(24-52-40)46(49,50)51)23-34-31(39(45)32-8-4-5-9-37(32)62-21-20-57)14-15-33-38(34)43(60)55(41(33)58)30-16-18-54(19-17-30)25-26-6-2-1-3-7-26/h1-14,22,24,30,33-35,38-39,57H,15-21,23,25H2,(H,52,53). The van der Waals surface area contributed by atoms with Gasteiger partial charge in [0.15, 0.2) is 5.82 Å². The number of carbonyl (C=O) groups excluding carboxylic acids is 4. The van der Waals surface area contributed by atoms with E-state index in [1.54, 1.807) is 48.5 Å². The third-order valence-corrected chi connectivity index (χ3v) is 13.9. The van der Waals surface area contributed by atoms with Gasteiger partial charge in [0, 0.05) is 48.4 Å². The SMILES string of the molecule is O=C1C2CC3C(=CCC4C(=O)N(C5CCN(Cc6ccccc6)CC5)C(=O)C43)C(c3ccccc3OCCO)C2(c2ccc(Cl)cc2)C(=O)N1Nc1ncc(C(F)(F)F)cc1Cl. The van der Waals surface area contributed by atoms with E-state index in [2.05, 4.69) is 27.4 Å². The van der Waals surface area contributed by atoms with E-state index < -0.39 is 63.6 Å². The van der Waals surface area contributed by atoms with Crippen molar-refractivity contribution < 1.29 is 42.2 Å². The van der Waals surface area contributed by atoms with Crippen molar-refractivity contribution in [2.75, 3.05) is 31.7 Å². The number of rotatable bonds is 10. The van der Waals surface area contributed by atoms with Crippen LogP contribution in [0.4, 0.5) is 19.0 Å². The number of nitrogens with zero attached hydrogens (tertiary/aromatic N) is 4. The lowest BCUT2D eigenvalue weighted by atomic mass is 9.49. The van der Waals surface area contributed by atoms with Crippen LogP contribution in [-0.4, -0.2) is 80.9 Å². The average Bonchev–Trinajstić information content (AvgIpc) is 3.64. The van der Waals surface area contributed by atoms with Crippen molar-refractivity contribution in [3.63, 3.8) is 0 Å². The van der Waals surface area contributed by atoms with Crippen molar-refractivity contribution >= 4 is 52.6 Å². The zero-order valence-electron chi connectivity index (χ0n) is 33.2. The van der Waals surface area contributed by atoms with Gasteiger partial charge >= 0.3 is 6.18 Å². The number of fused-ring (bicyclic) bond motifs is 4. The molecule has 3 aliphatic heterocycles. The number of allylic oxidation sites excluding steroid dienone is 2. The number of para-hydroxylation sites is 1. The second-order valence-corrected chi connectivity index (χ2v) is 17.4. The molecule has 6 unspecified atom stereocenters. The lowest BCUT2D eigenvalue weighted by Crippen LogP contribution is -2.53. The van der Waals surface area contributed by atoms with Gasteiger partial charge in [-0.3, -0.25) is 34.4 Å². The summed E-state index contributed by atoms with van der Waals surface area (Å²) in [5.74, 6) is -6.34. The summed E-state index contributed by atoms with van der Waals surface area (Å²) in [7, 11) is 0. The van der Waals surface area contributed by atoms with Gasteiger partial charge < -0.3 is 9.84 Å². The first-order valence-corrected chi connectivity index (χ1v) is 21.4. The molecule has 4 fully saturated rings. The van der Waals surface area contributed by atoms with E-state index >= 15 is 9.59 Å². The maximum atomic E-state index is 15.5. The van der Waals surface area contributed by atoms with Gasteiger partial charge in [-0.15, -0.1) is 0 Å². The molecule has 1 aromatic heterocycles. The maximum Gasteiger partial charge on any atom is 0.417 e. The van der Waals surface area contributed by atoms with E-state index in [1.165, 1.54) is 10.5 Å². The fourth-order valence-corrected chi connectivity index (χ4v) is 11.0. The summed E-state index contributed by atoms with van der Waals surface area (Å²) < 4.78 is 46.9. The summed E-state index contributed by atoms with van der Waals surface area (Å²) in [5.41, 5.74) is 2.60. The number of hydrogen-bond acceptors (Lipinski definition) is 9. The minimum absolute atomic E-state index is 0.00883. The third-order valence-electron chi connectivity index (χ3n) is 13.3. The Morgan fingerprint density at radius 1 is 0.887 bits per heavy atom. The molecule has 0 bridgehead atoms. The quantitative estimate of drug-likeness (QED) is 0.123. The highest BCUT2D eigenvalue weighted by molar-refractivity contribution is 6.33. The number of hydrogen-bond donors (Lipinski definition) is 2. The molecule has 9 rings (SSSR count). The number of halogens is 5. The van der Waals surface area contributed by atoms with Crippen molar-refractivity contribution in [1.82, 2.24) is 19.8 Å². The van der Waals surface area contributed by atoms with Crippen LogP contribution in [0.5, 0.6) is 5.75 Å². The van der Waals surface area contributed by atoms with Crippen molar-refractivity contribution in [3.05, 3.63) is 135 Å². The molecule has 0 radical (unpaired) electrons. The molecule has 16 heteroatoms. The molecule has 1 saturated carbocycles. The second kappa shape index (κ2) is 16.4. The van der Waals surface area contributed by atoms with Gasteiger partial charge in [0.1, 0.15) is 12.4 Å². The van der Waals surface area contributed by atoms with Gasteiger partial charge in [0.25, 0.3) is 11.8 Å². The number of aliphatic hydroxyl groups excluding tert-OH is 1. The lowest BCUT2D eigenvalue weighted by molar-refractivity contribution is -0.144. The minimum atomic E-state index is -4.75. The Bertz CT molecular complexity index is 2450. The number of carbonyl (C=O) groups is 4. The summed E-state index contributed by atoms with van der Waals surface area (Å²) in [6, 6.07) is 24.0. The predicted molar refractivity (Wildman–Crippen MR) is 222 cm³/mol. The number of nitrogens with one attached hydrogen (secondary N) is 1. The Balaban J connectivity index is 1.13. The van der Waals surface area contributed by atoms with Crippen LogP contribution < -0.4 is 10.2 Å². The van der Waals surface area contributed by atoms with Crippen LogP contribution in [-0.2, 0) is 37.3 Å². The average molecular weight is 889 g/mol. The van der Waals surface area contributed by atoms with Crippen molar-refractivity contribution in [2.45, 2.75) is 55.8 Å². The largest absolute Gasteiger partial charge is 0.491 e. The zero-order valence-corrected chi connectivity index (χ0v) is 34.7. The van der Waals surface area contributed by atoms with Gasteiger partial charge in [0.05, 0.1) is 40.4 Å². The number of aliphatic hydroxyl groups is 1. The number of amides is 4. The summed E-state index contributed by atoms with van der Waals surface area (Å²) in [4.78, 5) is 67.6. The molecule has 4 amide bonds. The smallest absolute Gasteiger partial charge is 0.417 e. The number of alkyl halides is 3. The van der Waals surface area contributed by atoms with Gasteiger partial charge in [-0.2, -0.15) is 18.2 Å². The number of anilines is 1. The Morgan fingerprint density at radius 2 is 1.60 bits per heavy atom. The molecule has 2 N–H and O–H groups in total. The minimum Gasteiger partial charge on any atom is -0.491 e. The molecule has 5 aliphatic rings. The predicted octanol–water partition coefficient (Wildman–Crippen LogP) is 7.43. The monoisotopic (exact) mass is 887 g/mol. The summed E-state index contributed by atoms with van der Waals surface area (Å²) in [6.07, 6.45) is -0.821. The van der Waals surface area contributed by atoms with Crippen LogP contribution in [0, 0.1) is 23.7 Å². The molecule has 4 heterocycles. The number of aromatic nitrogens is 1. The normalized spacial score (nSPS) is 26.6. The molecule has 3 saturated heterocycles. The summed E-state index contributed by atoms with van der Waals surface area (Å²) in [5, 5.41) is 10.5. The number of piperidine rings is 1. The van der Waals surface area contributed by atoms with E-state index in [1.807, 2.05) is 24.3 Å². The molecule has 3 aromatic carbocycles. The summed E-state index contributed by atoms with van der Waals surface area (Å²) >= 11 is 12.7. The third kappa shape index (κ3) is 7.04. The van der Waals surface area contributed by atoms with Gasteiger partial charge in [-0.1, -0.05) is 95.5 Å². The first-order chi connectivity index (χ1) is 29.8. The summed E-state index contributed by atoms with van der Waals surface area (Å²) in [6.45, 7) is 1.77. The van der Waals surface area contributed by atoms with E-state index in [0.717, 1.165) is 11.6 Å². The Hall–Kier alpha value is -5.28. The zero-order chi connectivity index (χ0) is 43.5. The van der Waals surface area contributed by atoms with Gasteiger partial charge in [-0.05, 0) is 67.0 Å². The number of ether oxygens (including phenoxy) is 1. The van der Waals surface area contributed by atoms with Crippen molar-refractivity contribution in [3.8, 4) is 5.75 Å². The number of imide groups is 2. The van der Waals surface area contributed by atoms with E-state index in [0.29, 0.717) is 65.7 Å². The van der Waals surface area contributed by atoms with Crippen LogP contribution >= 0.6 is 23.2 Å². The molecule has 2 aliphatic carbocycles. The van der Waals surface area contributed by atoms with E-state index in [9.17, 15) is 27.9 Å². The Morgan fingerprint density at radius 3 is 2.29 bits per heavy atom. The van der Waals surface area contributed by atoms with E-state index in [4.69, 9.17) is 27.9 Å². The number of pyridine rings is 1. The van der Waals surface area contributed by atoms with Crippen molar-refractivity contribution in [1.29, 1.82) is 0 Å². The first kappa shape index (κ1) is 42.0. The number of benzene rings is 3. The molecule has 322 valence electrons. The van der Waals surface area contributed by atoms with Crippen LogP contribution in [0.25, 0.3) is 0 Å². The molecule has 11 nitrogen and oxygen atoms in total. The van der Waals surface area contributed by atoms with Crippen LogP contribution in [0.15, 0.2) is 103 Å². The fourth-order valence-electron chi connectivity index (χ4n) is 10.7. The maximum absolute atomic E-state index is 15.5. The van der Waals surface area contributed by atoms with Crippen molar-refractivity contribution in [2.24, 2.45) is 23.7 Å². The van der Waals surface area contributed by atoms with Crippen LogP contribution in [0.2, 0.25) is 10.0 Å². The topological polar surface area (TPSA) is 132 Å². The fraction of sp³-hybridized carbons (Fsp3) is 0.370. The Kier molecular flexibility index (Phi) is 11.2. The van der Waals surface area contributed by atoms with Gasteiger partial charge in [-0.25, -0.2) is 4.98 Å². The highest BCUT2D eigenvalue weighted by Crippen LogP contribution is 2.65.